The van der Waals surface area contributed by atoms with Crippen LogP contribution < -0.4 is 5.32 Å². The van der Waals surface area contributed by atoms with Crippen LogP contribution >= 0.6 is 22.7 Å². The van der Waals surface area contributed by atoms with E-state index in [-0.39, 0.29) is 24.0 Å². The molecular formula is C37H37N3O4S2. The fourth-order valence-corrected chi connectivity index (χ4v) is 6.91. The summed E-state index contributed by atoms with van der Waals surface area (Å²) in [5, 5.41) is 11.9. The second-order valence-corrected chi connectivity index (χ2v) is 14.7. The highest BCUT2D eigenvalue weighted by atomic mass is 32.1. The number of aliphatic carboxylic acids is 1. The number of carboxylic acids is 1. The summed E-state index contributed by atoms with van der Waals surface area (Å²) in [5.41, 5.74) is 4.94. The van der Waals surface area contributed by atoms with Gasteiger partial charge in [-0.05, 0) is 61.1 Å². The molecule has 0 aliphatic carbocycles. The lowest BCUT2D eigenvalue weighted by molar-refractivity contribution is -0.141. The highest BCUT2D eigenvalue weighted by molar-refractivity contribution is 7.18. The smallest absolute Gasteiger partial charge is 0.325 e. The first-order valence-electron chi connectivity index (χ1n) is 15.1. The van der Waals surface area contributed by atoms with Gasteiger partial charge < -0.3 is 10.4 Å². The van der Waals surface area contributed by atoms with Crippen molar-refractivity contribution in [3.05, 3.63) is 106 Å². The second-order valence-electron chi connectivity index (χ2n) is 12.5. The number of thiophene rings is 2. The Morgan fingerprint density at radius 1 is 0.804 bits per heavy atom. The first-order valence-corrected chi connectivity index (χ1v) is 16.8. The van der Waals surface area contributed by atoms with Gasteiger partial charge in [-0.2, -0.15) is 0 Å². The summed E-state index contributed by atoms with van der Waals surface area (Å²) in [6.45, 7) is 9.76. The molecule has 0 saturated carbocycles. The van der Waals surface area contributed by atoms with Gasteiger partial charge in [-0.25, -0.2) is 9.97 Å². The Kier molecular flexibility index (Phi) is 9.94. The van der Waals surface area contributed by atoms with Crippen LogP contribution in [0.3, 0.4) is 0 Å². The van der Waals surface area contributed by atoms with Crippen molar-refractivity contribution in [1.82, 2.24) is 15.3 Å². The van der Waals surface area contributed by atoms with E-state index < -0.39 is 23.8 Å². The van der Waals surface area contributed by atoms with Gasteiger partial charge in [0.1, 0.15) is 6.04 Å². The molecule has 9 heteroatoms. The average molecular weight is 652 g/mol. The molecule has 2 aromatic carbocycles. The third-order valence-electron chi connectivity index (χ3n) is 7.72. The van der Waals surface area contributed by atoms with Gasteiger partial charge in [0.15, 0.2) is 11.6 Å². The van der Waals surface area contributed by atoms with Gasteiger partial charge in [0, 0.05) is 50.5 Å². The standard InChI is InChI=1S/C37H37N3O4S2/c1-22-6-10-25(11-7-22)30-14-15-31(45-30)28-20-38-34(39-21-28)26-12-8-24(9-13-26)18-27(35(42)40-23(2)36(43)44)19-29(41)32-16-17-33(46-32)37(3,4)5/h6-17,20-21,23,27H,18-19H2,1-5H3,(H,40,42)(H,43,44)/t23-,27-/m1/s1. The van der Waals surface area contributed by atoms with Crippen LogP contribution in [0, 0.1) is 12.8 Å². The molecule has 5 rings (SSSR count). The molecule has 0 aliphatic rings. The number of amides is 1. The number of ketones is 1. The molecule has 0 fully saturated rings. The molecular weight excluding hydrogens is 615 g/mol. The summed E-state index contributed by atoms with van der Waals surface area (Å²) < 4.78 is 0. The molecule has 0 spiro atoms. The predicted octanol–water partition coefficient (Wildman–Crippen LogP) is 8.23. The number of hydrogen-bond donors (Lipinski definition) is 2. The van der Waals surface area contributed by atoms with Gasteiger partial charge in [-0.3, -0.25) is 14.4 Å². The molecule has 236 valence electrons. The highest BCUT2D eigenvalue weighted by Gasteiger charge is 2.27. The van der Waals surface area contributed by atoms with Crippen molar-refractivity contribution in [2.45, 2.75) is 58.9 Å². The average Bonchev–Trinajstić information content (AvgIpc) is 3.73. The molecule has 0 unspecified atom stereocenters. The van der Waals surface area contributed by atoms with E-state index in [0.717, 1.165) is 26.4 Å². The molecule has 46 heavy (non-hydrogen) atoms. The number of aryl methyl sites for hydroxylation is 1. The molecule has 0 saturated heterocycles. The maximum absolute atomic E-state index is 13.3. The molecule has 2 N–H and O–H groups in total. The zero-order valence-electron chi connectivity index (χ0n) is 26.5. The number of carboxylic acid groups (broad SMARTS) is 1. The van der Waals surface area contributed by atoms with Crippen LogP contribution in [0.4, 0.5) is 0 Å². The summed E-state index contributed by atoms with van der Waals surface area (Å²) in [7, 11) is 0. The number of aromatic nitrogens is 2. The first kappa shape index (κ1) is 32.9. The summed E-state index contributed by atoms with van der Waals surface area (Å²) in [6, 6.07) is 23.0. The van der Waals surface area contributed by atoms with Crippen molar-refractivity contribution in [1.29, 1.82) is 0 Å². The number of carbonyl (C=O) groups is 3. The van der Waals surface area contributed by atoms with Gasteiger partial charge in [0.05, 0.1) is 4.88 Å². The van der Waals surface area contributed by atoms with E-state index in [0.29, 0.717) is 10.7 Å². The largest absolute Gasteiger partial charge is 0.480 e. The van der Waals surface area contributed by atoms with Crippen LogP contribution in [-0.4, -0.2) is 38.8 Å². The van der Waals surface area contributed by atoms with Crippen LogP contribution in [0.15, 0.2) is 85.2 Å². The minimum atomic E-state index is -1.13. The van der Waals surface area contributed by atoms with Crippen LogP contribution in [0.1, 0.15) is 59.8 Å². The summed E-state index contributed by atoms with van der Waals surface area (Å²) in [6.07, 6.45) is 3.91. The van der Waals surface area contributed by atoms with Gasteiger partial charge in [0.25, 0.3) is 0 Å². The normalized spacial score (nSPS) is 12.8. The zero-order valence-corrected chi connectivity index (χ0v) is 28.2. The first-order chi connectivity index (χ1) is 21.9. The van der Waals surface area contributed by atoms with Crippen molar-refractivity contribution in [3.8, 4) is 32.3 Å². The number of hydrogen-bond acceptors (Lipinski definition) is 7. The van der Waals surface area contributed by atoms with Crippen molar-refractivity contribution in [2.24, 2.45) is 5.92 Å². The third kappa shape index (κ3) is 8.02. The maximum Gasteiger partial charge on any atom is 0.325 e. The van der Waals surface area contributed by atoms with Crippen LogP contribution in [-0.2, 0) is 21.4 Å². The maximum atomic E-state index is 13.3. The van der Waals surface area contributed by atoms with E-state index >= 15 is 0 Å². The molecule has 1 amide bonds. The van der Waals surface area contributed by atoms with E-state index in [1.165, 1.54) is 34.3 Å². The minimum absolute atomic E-state index is 0.0249. The Bertz CT molecular complexity index is 1830. The van der Waals surface area contributed by atoms with Crippen molar-refractivity contribution >= 4 is 40.3 Å². The van der Waals surface area contributed by atoms with Crippen LogP contribution in [0.5, 0.6) is 0 Å². The fraction of sp³-hybridized carbons (Fsp3) is 0.270. The fourth-order valence-electron chi connectivity index (χ4n) is 4.91. The molecule has 2 atom stereocenters. The van der Waals surface area contributed by atoms with Crippen molar-refractivity contribution < 1.29 is 19.5 Å². The number of rotatable bonds is 11. The number of benzene rings is 2. The van der Waals surface area contributed by atoms with Crippen LogP contribution in [0.2, 0.25) is 0 Å². The van der Waals surface area contributed by atoms with Crippen LogP contribution in [0.25, 0.3) is 32.3 Å². The number of carbonyl (C=O) groups excluding carboxylic acids is 2. The van der Waals surface area contributed by atoms with Crippen molar-refractivity contribution in [3.63, 3.8) is 0 Å². The molecule has 3 aromatic heterocycles. The molecule has 0 radical (unpaired) electrons. The minimum Gasteiger partial charge on any atom is -0.480 e. The van der Waals surface area contributed by atoms with Gasteiger partial charge >= 0.3 is 5.97 Å². The Morgan fingerprint density at radius 3 is 2.00 bits per heavy atom. The molecule has 0 aliphatic heterocycles. The van der Waals surface area contributed by atoms with E-state index in [4.69, 9.17) is 0 Å². The Hall–Kier alpha value is -4.47. The van der Waals surface area contributed by atoms with E-state index in [1.54, 1.807) is 11.3 Å². The van der Waals surface area contributed by atoms with E-state index in [1.807, 2.05) is 48.8 Å². The summed E-state index contributed by atoms with van der Waals surface area (Å²) in [5.74, 6) is -1.87. The predicted molar refractivity (Wildman–Crippen MR) is 185 cm³/mol. The summed E-state index contributed by atoms with van der Waals surface area (Å²) in [4.78, 5) is 51.0. The van der Waals surface area contributed by atoms with Crippen molar-refractivity contribution in [2.75, 3.05) is 0 Å². The molecule has 0 bridgehead atoms. The molecule has 3 heterocycles. The molecule has 5 aromatic rings. The topological polar surface area (TPSA) is 109 Å². The number of Topliss-reactive ketones (excluding diaryl/α,β-unsaturated/α-hetero) is 1. The van der Waals surface area contributed by atoms with E-state index in [2.05, 4.69) is 79.4 Å². The Balaban J connectivity index is 1.29. The van der Waals surface area contributed by atoms with Gasteiger partial charge in [0.2, 0.25) is 5.91 Å². The van der Waals surface area contributed by atoms with E-state index in [9.17, 15) is 19.5 Å². The second kappa shape index (κ2) is 13.9. The number of nitrogens with zero attached hydrogens (tertiary/aromatic N) is 2. The number of nitrogens with one attached hydrogen (secondary N) is 1. The lowest BCUT2D eigenvalue weighted by Crippen LogP contribution is -2.42. The van der Waals surface area contributed by atoms with Gasteiger partial charge in [-0.1, -0.05) is 74.9 Å². The highest BCUT2D eigenvalue weighted by Crippen LogP contribution is 2.35. The monoisotopic (exact) mass is 651 g/mol. The third-order valence-corrected chi connectivity index (χ3v) is 10.5. The van der Waals surface area contributed by atoms with Gasteiger partial charge in [-0.15, -0.1) is 22.7 Å². The SMILES string of the molecule is Cc1ccc(-c2ccc(-c3cnc(-c4ccc(C[C@H](CC(=O)c5ccc(C(C)(C)C)s5)C(=O)N[C@H](C)C(=O)O)cc4)nc3)s2)cc1. The summed E-state index contributed by atoms with van der Waals surface area (Å²) >= 11 is 3.14. The Labute approximate surface area is 277 Å². The molecule has 7 nitrogen and oxygen atoms in total. The zero-order chi connectivity index (χ0) is 33.0. The lowest BCUT2D eigenvalue weighted by Gasteiger charge is -2.18. The lowest BCUT2D eigenvalue weighted by atomic mass is 9.92. The quantitative estimate of drug-likeness (QED) is 0.139. The Morgan fingerprint density at radius 2 is 1.41 bits per heavy atom.